The molecule has 0 fully saturated rings. The number of H-pyrrole nitrogens is 1. The zero-order valence-electron chi connectivity index (χ0n) is 9.20. The van der Waals surface area contributed by atoms with Gasteiger partial charge < -0.3 is 19.6 Å². The first kappa shape index (κ1) is 11.6. The number of benzene rings is 1. The summed E-state index contributed by atoms with van der Waals surface area (Å²) in [6.45, 7) is 0. The minimum Gasteiger partial charge on any atom is -0.505 e. The van der Waals surface area contributed by atoms with Crippen LogP contribution in [0.2, 0.25) is 5.02 Å². The van der Waals surface area contributed by atoms with Crippen molar-refractivity contribution in [1.82, 2.24) is 4.98 Å². The second-order valence-corrected chi connectivity index (χ2v) is 3.75. The number of hydrogen-bond donors (Lipinski definition) is 2. The SMILES string of the molecule is COC(=O)c1[nH]c2c(OC)c(Cl)ccc2c1O. The fraction of sp³-hybridized carbons (Fsp3) is 0.182. The predicted octanol–water partition coefficient (Wildman–Crippen LogP) is 2.32. The van der Waals surface area contributed by atoms with Gasteiger partial charge in [-0.2, -0.15) is 0 Å². The van der Waals surface area contributed by atoms with Crippen LogP contribution in [0.15, 0.2) is 12.1 Å². The number of aromatic amines is 1. The summed E-state index contributed by atoms with van der Waals surface area (Å²) < 4.78 is 9.66. The molecule has 0 bridgehead atoms. The molecule has 2 N–H and O–H groups in total. The van der Waals surface area contributed by atoms with Crippen molar-refractivity contribution in [1.29, 1.82) is 0 Å². The van der Waals surface area contributed by atoms with Crippen molar-refractivity contribution >= 4 is 28.5 Å². The number of methoxy groups -OCH3 is 2. The number of rotatable bonds is 2. The summed E-state index contributed by atoms with van der Waals surface area (Å²) in [4.78, 5) is 14.1. The summed E-state index contributed by atoms with van der Waals surface area (Å²) in [5, 5.41) is 10.7. The Bertz CT molecular complexity index is 591. The summed E-state index contributed by atoms with van der Waals surface area (Å²) >= 11 is 5.94. The van der Waals surface area contributed by atoms with Gasteiger partial charge in [0.05, 0.1) is 24.8 Å². The molecule has 0 radical (unpaired) electrons. The highest BCUT2D eigenvalue weighted by Crippen LogP contribution is 2.38. The van der Waals surface area contributed by atoms with Gasteiger partial charge in [-0.25, -0.2) is 4.79 Å². The number of hydrogen-bond acceptors (Lipinski definition) is 4. The monoisotopic (exact) mass is 255 g/mol. The average molecular weight is 256 g/mol. The number of aromatic hydroxyl groups is 1. The maximum absolute atomic E-state index is 11.4. The van der Waals surface area contributed by atoms with Crippen molar-refractivity contribution in [2.24, 2.45) is 0 Å². The van der Waals surface area contributed by atoms with Crippen molar-refractivity contribution in [3.8, 4) is 11.5 Å². The first-order valence-corrected chi connectivity index (χ1v) is 5.13. The number of carbonyl (C=O) groups is 1. The fourth-order valence-corrected chi connectivity index (χ4v) is 1.88. The highest BCUT2D eigenvalue weighted by molar-refractivity contribution is 6.33. The molecule has 0 unspecified atom stereocenters. The molecular weight excluding hydrogens is 246 g/mol. The standard InChI is InChI=1S/C11H10ClNO4/c1-16-10-6(12)4-3-5-7(10)13-8(9(5)14)11(15)17-2/h3-4,13-14H,1-2H3. The van der Waals surface area contributed by atoms with Crippen LogP contribution in [0.3, 0.4) is 0 Å². The van der Waals surface area contributed by atoms with Gasteiger partial charge in [-0.15, -0.1) is 0 Å². The molecule has 5 nitrogen and oxygen atoms in total. The second kappa shape index (κ2) is 4.18. The van der Waals surface area contributed by atoms with Crippen molar-refractivity contribution in [3.63, 3.8) is 0 Å². The minimum absolute atomic E-state index is 0.0249. The van der Waals surface area contributed by atoms with Crippen LogP contribution >= 0.6 is 11.6 Å². The lowest BCUT2D eigenvalue weighted by Gasteiger charge is -2.03. The van der Waals surface area contributed by atoms with Crippen LogP contribution in [0, 0.1) is 0 Å². The molecule has 1 heterocycles. The van der Waals surface area contributed by atoms with E-state index in [0.29, 0.717) is 21.7 Å². The third-order valence-corrected chi connectivity index (χ3v) is 2.74. The van der Waals surface area contributed by atoms with Crippen LogP contribution in [-0.2, 0) is 4.74 Å². The van der Waals surface area contributed by atoms with Crippen LogP contribution in [0.5, 0.6) is 11.5 Å². The van der Waals surface area contributed by atoms with E-state index in [-0.39, 0.29) is 11.4 Å². The molecule has 1 aromatic carbocycles. The average Bonchev–Trinajstić information content (AvgIpc) is 2.66. The lowest BCUT2D eigenvalue weighted by atomic mass is 10.2. The Labute approximate surface area is 102 Å². The zero-order chi connectivity index (χ0) is 12.6. The maximum Gasteiger partial charge on any atom is 0.358 e. The van der Waals surface area contributed by atoms with Gasteiger partial charge in [0.25, 0.3) is 0 Å². The number of esters is 1. The Kier molecular flexibility index (Phi) is 2.85. The molecule has 0 atom stereocenters. The molecular formula is C11H10ClNO4. The Hall–Kier alpha value is -1.88. The quantitative estimate of drug-likeness (QED) is 0.808. The predicted molar refractivity (Wildman–Crippen MR) is 62.9 cm³/mol. The summed E-state index contributed by atoms with van der Waals surface area (Å²) in [5.41, 5.74) is 0.431. The number of nitrogens with one attached hydrogen (secondary N) is 1. The van der Waals surface area contributed by atoms with E-state index in [0.717, 1.165) is 0 Å². The van der Waals surface area contributed by atoms with Crippen molar-refractivity contribution in [2.45, 2.75) is 0 Å². The van der Waals surface area contributed by atoms with E-state index in [1.807, 2.05) is 0 Å². The van der Waals surface area contributed by atoms with Crippen molar-refractivity contribution in [2.75, 3.05) is 14.2 Å². The van der Waals surface area contributed by atoms with Crippen LogP contribution in [0.25, 0.3) is 10.9 Å². The van der Waals surface area contributed by atoms with Gasteiger partial charge in [0.15, 0.2) is 17.2 Å². The Balaban J connectivity index is 2.77. The van der Waals surface area contributed by atoms with E-state index in [2.05, 4.69) is 9.72 Å². The molecule has 0 aliphatic rings. The molecule has 0 amide bonds. The Morgan fingerprint density at radius 2 is 2.12 bits per heavy atom. The second-order valence-electron chi connectivity index (χ2n) is 3.34. The van der Waals surface area contributed by atoms with E-state index in [9.17, 15) is 9.90 Å². The Morgan fingerprint density at radius 3 is 2.71 bits per heavy atom. The first-order valence-electron chi connectivity index (χ1n) is 4.75. The minimum atomic E-state index is -0.656. The summed E-state index contributed by atoms with van der Waals surface area (Å²) in [6.07, 6.45) is 0. The van der Waals surface area contributed by atoms with Crippen LogP contribution in [0.4, 0.5) is 0 Å². The van der Waals surface area contributed by atoms with E-state index >= 15 is 0 Å². The number of ether oxygens (including phenoxy) is 2. The maximum atomic E-state index is 11.4. The third kappa shape index (κ3) is 1.68. The van der Waals surface area contributed by atoms with E-state index < -0.39 is 5.97 Å². The van der Waals surface area contributed by atoms with Gasteiger partial charge in [-0.1, -0.05) is 11.6 Å². The molecule has 0 aliphatic carbocycles. The topological polar surface area (TPSA) is 71.6 Å². The highest BCUT2D eigenvalue weighted by atomic mass is 35.5. The molecule has 6 heteroatoms. The van der Waals surface area contributed by atoms with Gasteiger partial charge in [0, 0.05) is 5.39 Å². The van der Waals surface area contributed by atoms with Crippen molar-refractivity contribution in [3.05, 3.63) is 22.8 Å². The number of halogens is 1. The molecule has 2 rings (SSSR count). The third-order valence-electron chi connectivity index (χ3n) is 2.45. The normalized spacial score (nSPS) is 10.5. The summed E-state index contributed by atoms with van der Waals surface area (Å²) in [7, 11) is 2.69. The number of aromatic nitrogens is 1. The first-order chi connectivity index (χ1) is 8.10. The van der Waals surface area contributed by atoms with Gasteiger partial charge >= 0.3 is 5.97 Å². The van der Waals surface area contributed by atoms with E-state index in [1.165, 1.54) is 14.2 Å². The van der Waals surface area contributed by atoms with Crippen LogP contribution in [0.1, 0.15) is 10.5 Å². The van der Waals surface area contributed by atoms with Gasteiger partial charge in [-0.3, -0.25) is 0 Å². The van der Waals surface area contributed by atoms with Crippen molar-refractivity contribution < 1.29 is 19.4 Å². The molecule has 1 aromatic heterocycles. The van der Waals surface area contributed by atoms with Crippen LogP contribution in [-0.4, -0.2) is 30.3 Å². The molecule has 0 saturated carbocycles. The smallest absolute Gasteiger partial charge is 0.358 e. The van der Waals surface area contributed by atoms with E-state index in [1.54, 1.807) is 12.1 Å². The van der Waals surface area contributed by atoms with Gasteiger partial charge in [0.2, 0.25) is 0 Å². The number of fused-ring (bicyclic) bond motifs is 1. The van der Waals surface area contributed by atoms with Gasteiger partial charge in [0.1, 0.15) is 0 Å². The summed E-state index contributed by atoms with van der Waals surface area (Å²) in [6, 6.07) is 3.18. The molecule has 2 aromatic rings. The lowest BCUT2D eigenvalue weighted by Crippen LogP contribution is -2.01. The molecule has 17 heavy (non-hydrogen) atoms. The molecule has 90 valence electrons. The Morgan fingerprint density at radius 1 is 1.41 bits per heavy atom. The largest absolute Gasteiger partial charge is 0.505 e. The lowest BCUT2D eigenvalue weighted by molar-refractivity contribution is 0.0592. The van der Waals surface area contributed by atoms with Gasteiger partial charge in [-0.05, 0) is 12.1 Å². The molecule has 0 saturated heterocycles. The zero-order valence-corrected chi connectivity index (χ0v) is 9.96. The molecule has 0 spiro atoms. The summed E-state index contributed by atoms with van der Waals surface area (Å²) in [5.74, 6) is -0.465. The molecule has 0 aliphatic heterocycles. The fourth-order valence-electron chi connectivity index (χ4n) is 1.65. The van der Waals surface area contributed by atoms with Crippen LogP contribution < -0.4 is 4.74 Å². The number of carbonyl (C=O) groups excluding carboxylic acids is 1. The highest BCUT2D eigenvalue weighted by Gasteiger charge is 2.20. The van der Waals surface area contributed by atoms with E-state index in [4.69, 9.17) is 16.3 Å².